The van der Waals surface area contributed by atoms with Crippen molar-refractivity contribution in [2.75, 3.05) is 26.3 Å². The molecule has 1 aromatic rings. The van der Waals surface area contributed by atoms with E-state index in [-0.39, 0.29) is 11.7 Å². The van der Waals surface area contributed by atoms with Gasteiger partial charge in [-0.15, -0.1) is 0 Å². The van der Waals surface area contributed by atoms with Gasteiger partial charge in [-0.05, 0) is 6.07 Å². The van der Waals surface area contributed by atoms with E-state index in [9.17, 15) is 9.90 Å². The number of carbonyl (C=O) groups excluding carboxylic acids is 1. The van der Waals surface area contributed by atoms with Gasteiger partial charge in [0.05, 0.1) is 25.0 Å². The third-order valence-corrected chi connectivity index (χ3v) is 2.33. The van der Waals surface area contributed by atoms with Crippen LogP contribution in [0.15, 0.2) is 18.5 Å². The summed E-state index contributed by atoms with van der Waals surface area (Å²) < 4.78 is 5.15. The molecule has 15 heavy (non-hydrogen) atoms. The minimum absolute atomic E-state index is 0.0750. The molecule has 1 aliphatic heterocycles. The van der Waals surface area contributed by atoms with E-state index in [2.05, 4.69) is 4.98 Å². The average molecular weight is 208 g/mol. The molecule has 1 fully saturated rings. The fraction of sp³-hybridized carbons (Fsp3) is 0.400. The molecule has 0 radical (unpaired) electrons. The minimum Gasteiger partial charge on any atom is -0.505 e. The lowest BCUT2D eigenvalue weighted by molar-refractivity contribution is 0.0301. The first-order valence-electron chi connectivity index (χ1n) is 4.79. The minimum atomic E-state index is -0.168. The smallest absolute Gasteiger partial charge is 0.257 e. The molecular formula is C10H12N2O3. The van der Waals surface area contributed by atoms with Crippen LogP contribution in [-0.2, 0) is 4.74 Å². The second-order valence-electron chi connectivity index (χ2n) is 3.30. The van der Waals surface area contributed by atoms with Gasteiger partial charge in [0.2, 0.25) is 0 Å². The molecule has 5 nitrogen and oxygen atoms in total. The summed E-state index contributed by atoms with van der Waals surface area (Å²) in [5.41, 5.74) is 0.298. The van der Waals surface area contributed by atoms with Crippen molar-refractivity contribution in [1.29, 1.82) is 0 Å². The molecule has 2 heterocycles. The molecule has 0 unspecified atom stereocenters. The number of hydrogen-bond donors (Lipinski definition) is 1. The highest BCUT2D eigenvalue weighted by molar-refractivity contribution is 5.96. The van der Waals surface area contributed by atoms with Crippen LogP contribution in [-0.4, -0.2) is 47.2 Å². The molecule has 0 bridgehead atoms. The van der Waals surface area contributed by atoms with Gasteiger partial charge in [0.1, 0.15) is 5.75 Å². The molecule has 1 aliphatic rings. The molecule has 1 N–H and O–H groups in total. The van der Waals surface area contributed by atoms with Crippen molar-refractivity contribution in [3.05, 3.63) is 24.0 Å². The van der Waals surface area contributed by atoms with Crippen LogP contribution in [0, 0.1) is 0 Å². The van der Waals surface area contributed by atoms with Crippen molar-refractivity contribution in [3.63, 3.8) is 0 Å². The molecule has 1 saturated heterocycles. The maximum absolute atomic E-state index is 11.9. The van der Waals surface area contributed by atoms with E-state index >= 15 is 0 Å². The zero-order valence-electron chi connectivity index (χ0n) is 8.22. The van der Waals surface area contributed by atoms with Crippen molar-refractivity contribution < 1.29 is 14.6 Å². The Morgan fingerprint density at radius 1 is 1.47 bits per heavy atom. The van der Waals surface area contributed by atoms with Gasteiger partial charge in [-0.25, -0.2) is 0 Å². The Morgan fingerprint density at radius 2 is 2.20 bits per heavy atom. The largest absolute Gasteiger partial charge is 0.505 e. The molecule has 0 aliphatic carbocycles. The van der Waals surface area contributed by atoms with Crippen LogP contribution in [0.2, 0.25) is 0 Å². The molecule has 80 valence electrons. The summed E-state index contributed by atoms with van der Waals surface area (Å²) in [6.07, 6.45) is 2.76. The number of hydrogen-bond acceptors (Lipinski definition) is 4. The zero-order valence-corrected chi connectivity index (χ0v) is 8.22. The molecule has 0 aromatic carbocycles. The fourth-order valence-electron chi connectivity index (χ4n) is 1.50. The van der Waals surface area contributed by atoms with Crippen LogP contribution in [0.25, 0.3) is 0 Å². The number of ether oxygens (including phenoxy) is 1. The van der Waals surface area contributed by atoms with Gasteiger partial charge in [-0.3, -0.25) is 9.78 Å². The Bertz CT molecular complexity index is 361. The van der Waals surface area contributed by atoms with E-state index in [0.29, 0.717) is 31.9 Å². The molecule has 0 saturated carbocycles. The second kappa shape index (κ2) is 4.27. The van der Waals surface area contributed by atoms with Crippen molar-refractivity contribution in [3.8, 4) is 5.75 Å². The first-order valence-corrected chi connectivity index (χ1v) is 4.79. The second-order valence-corrected chi connectivity index (χ2v) is 3.30. The van der Waals surface area contributed by atoms with Gasteiger partial charge >= 0.3 is 0 Å². The fourth-order valence-corrected chi connectivity index (χ4v) is 1.50. The van der Waals surface area contributed by atoms with E-state index < -0.39 is 0 Å². The number of carbonyl (C=O) groups is 1. The van der Waals surface area contributed by atoms with Gasteiger partial charge in [0.15, 0.2) is 0 Å². The number of morpholine rings is 1. The predicted molar refractivity (Wildman–Crippen MR) is 52.6 cm³/mol. The third kappa shape index (κ3) is 2.07. The lowest BCUT2D eigenvalue weighted by Gasteiger charge is -2.26. The van der Waals surface area contributed by atoms with Crippen LogP contribution in [0.3, 0.4) is 0 Å². The van der Waals surface area contributed by atoms with E-state index in [1.165, 1.54) is 18.5 Å². The zero-order chi connectivity index (χ0) is 10.7. The van der Waals surface area contributed by atoms with E-state index in [4.69, 9.17) is 4.74 Å². The molecule has 0 spiro atoms. The normalized spacial score (nSPS) is 16.4. The van der Waals surface area contributed by atoms with E-state index in [1.54, 1.807) is 4.90 Å². The molecular weight excluding hydrogens is 196 g/mol. The van der Waals surface area contributed by atoms with Crippen LogP contribution >= 0.6 is 0 Å². The Morgan fingerprint density at radius 3 is 2.87 bits per heavy atom. The van der Waals surface area contributed by atoms with Crippen LogP contribution in [0.5, 0.6) is 5.75 Å². The quantitative estimate of drug-likeness (QED) is 0.719. The number of amides is 1. The van der Waals surface area contributed by atoms with Crippen LogP contribution in [0.4, 0.5) is 0 Å². The average Bonchev–Trinajstić information content (AvgIpc) is 2.30. The predicted octanol–water partition coefficient (Wildman–Crippen LogP) is 0.260. The summed E-state index contributed by atoms with van der Waals surface area (Å²) in [5, 5.41) is 9.47. The Balaban J connectivity index is 2.16. The van der Waals surface area contributed by atoms with Gasteiger partial charge in [0, 0.05) is 19.3 Å². The molecule has 0 atom stereocenters. The van der Waals surface area contributed by atoms with Gasteiger partial charge in [-0.1, -0.05) is 0 Å². The van der Waals surface area contributed by atoms with Crippen LogP contribution in [0.1, 0.15) is 10.4 Å². The lowest BCUT2D eigenvalue weighted by atomic mass is 10.2. The van der Waals surface area contributed by atoms with Crippen molar-refractivity contribution in [2.45, 2.75) is 0 Å². The number of rotatable bonds is 1. The standard InChI is InChI=1S/C10H12N2O3/c13-9-7-11-2-1-8(9)10(14)12-3-5-15-6-4-12/h1-2,7,13H,3-6H2. The van der Waals surface area contributed by atoms with Gasteiger partial charge in [-0.2, -0.15) is 0 Å². The topological polar surface area (TPSA) is 62.7 Å². The van der Waals surface area contributed by atoms with Crippen molar-refractivity contribution in [2.24, 2.45) is 0 Å². The summed E-state index contributed by atoms with van der Waals surface area (Å²) in [5.74, 6) is -0.243. The van der Waals surface area contributed by atoms with Gasteiger partial charge < -0.3 is 14.7 Å². The maximum Gasteiger partial charge on any atom is 0.257 e. The van der Waals surface area contributed by atoms with Crippen molar-refractivity contribution >= 4 is 5.91 Å². The SMILES string of the molecule is O=C(c1ccncc1O)N1CCOCC1. The molecule has 5 heteroatoms. The molecule has 2 rings (SSSR count). The molecule has 1 aromatic heterocycles. The Hall–Kier alpha value is -1.62. The summed E-state index contributed by atoms with van der Waals surface area (Å²) in [6.45, 7) is 2.25. The number of pyridine rings is 1. The summed E-state index contributed by atoms with van der Waals surface area (Å²) in [4.78, 5) is 17.3. The van der Waals surface area contributed by atoms with E-state index in [1.807, 2.05) is 0 Å². The highest BCUT2D eigenvalue weighted by atomic mass is 16.5. The van der Waals surface area contributed by atoms with Gasteiger partial charge in [0.25, 0.3) is 5.91 Å². The monoisotopic (exact) mass is 208 g/mol. The Kier molecular flexibility index (Phi) is 2.82. The highest BCUT2D eigenvalue weighted by Gasteiger charge is 2.20. The lowest BCUT2D eigenvalue weighted by Crippen LogP contribution is -2.40. The third-order valence-electron chi connectivity index (χ3n) is 2.33. The first kappa shape index (κ1) is 9.92. The number of aromatic nitrogens is 1. The first-order chi connectivity index (χ1) is 7.29. The highest BCUT2D eigenvalue weighted by Crippen LogP contribution is 2.16. The summed E-state index contributed by atoms with van der Waals surface area (Å²) in [7, 11) is 0. The Labute approximate surface area is 87.3 Å². The summed E-state index contributed by atoms with van der Waals surface area (Å²) in [6, 6.07) is 1.52. The number of aromatic hydroxyl groups is 1. The van der Waals surface area contributed by atoms with E-state index in [0.717, 1.165) is 0 Å². The number of nitrogens with zero attached hydrogens (tertiary/aromatic N) is 2. The van der Waals surface area contributed by atoms with Crippen LogP contribution < -0.4 is 0 Å². The maximum atomic E-state index is 11.9. The molecule has 1 amide bonds. The summed E-state index contributed by atoms with van der Waals surface area (Å²) >= 11 is 0. The van der Waals surface area contributed by atoms with Crippen molar-refractivity contribution in [1.82, 2.24) is 9.88 Å².